The van der Waals surface area contributed by atoms with Crippen LogP contribution in [0.1, 0.15) is 42.7 Å². The van der Waals surface area contributed by atoms with E-state index in [4.69, 9.17) is 4.42 Å². The normalized spacial score (nSPS) is 12.4. The molecule has 2 heterocycles. The number of anilines is 1. The van der Waals surface area contributed by atoms with Gasteiger partial charge in [-0.1, -0.05) is 78.9 Å². The molecule has 0 N–H and O–H groups in total. The monoisotopic (exact) mass is 564 g/mol. The van der Waals surface area contributed by atoms with E-state index in [0.717, 1.165) is 30.7 Å². The number of aromatic nitrogens is 1. The van der Waals surface area contributed by atoms with Gasteiger partial charge >= 0.3 is 0 Å². The Bertz CT molecular complexity index is 1920. The molecule has 216 valence electrons. The van der Waals surface area contributed by atoms with Gasteiger partial charge in [0.15, 0.2) is 0 Å². The number of nitrogens with zero attached hydrogens (tertiary/aromatic N) is 2. The number of para-hydroxylation sites is 1. The predicted octanol–water partition coefficient (Wildman–Crippen LogP) is 11.0. The Labute approximate surface area is 255 Å². The van der Waals surface area contributed by atoms with Crippen LogP contribution in [0.2, 0.25) is 0 Å². The molecule has 6 aromatic rings. The molecule has 3 heteroatoms. The van der Waals surface area contributed by atoms with Gasteiger partial charge in [-0.2, -0.15) is 0 Å². The van der Waals surface area contributed by atoms with Gasteiger partial charge in [-0.3, -0.25) is 0 Å². The number of hydrogen-bond donors (Lipinski definition) is 0. The molecule has 0 spiro atoms. The van der Waals surface area contributed by atoms with E-state index in [-0.39, 0.29) is 0 Å². The smallest absolute Gasteiger partial charge is 0.134 e. The Hall–Kier alpha value is -4.76. The number of benzene rings is 4. The van der Waals surface area contributed by atoms with Crippen LogP contribution < -0.4 is 4.90 Å². The number of furan rings is 1. The summed E-state index contributed by atoms with van der Waals surface area (Å²) in [5.74, 6) is 0.962. The van der Waals surface area contributed by atoms with Crippen LogP contribution in [-0.4, -0.2) is 18.2 Å². The van der Waals surface area contributed by atoms with Gasteiger partial charge in [-0.05, 0) is 86.2 Å². The van der Waals surface area contributed by atoms with Crippen molar-refractivity contribution >= 4 is 33.6 Å². The van der Waals surface area contributed by atoms with Crippen molar-refractivity contribution in [3.63, 3.8) is 0 Å². The van der Waals surface area contributed by atoms with Gasteiger partial charge < -0.3 is 13.9 Å². The third kappa shape index (κ3) is 5.68. The third-order valence-corrected chi connectivity index (χ3v) is 8.58. The largest absolute Gasteiger partial charge is 0.461 e. The van der Waals surface area contributed by atoms with Gasteiger partial charge in [-0.25, -0.2) is 0 Å². The summed E-state index contributed by atoms with van der Waals surface area (Å²) in [4.78, 5) is 2.37. The number of rotatable bonds is 10. The lowest BCUT2D eigenvalue weighted by Crippen LogP contribution is -2.18. The Morgan fingerprint density at radius 2 is 1.60 bits per heavy atom. The summed E-state index contributed by atoms with van der Waals surface area (Å²) >= 11 is 0. The highest BCUT2D eigenvalue weighted by Crippen LogP contribution is 2.37. The van der Waals surface area contributed by atoms with E-state index in [1.54, 1.807) is 0 Å². The summed E-state index contributed by atoms with van der Waals surface area (Å²) in [5, 5.41) is 2.48. The Morgan fingerprint density at radius 3 is 2.42 bits per heavy atom. The molecule has 0 aliphatic heterocycles. The highest BCUT2D eigenvalue weighted by Gasteiger charge is 2.15. The minimum absolute atomic E-state index is 0.386. The van der Waals surface area contributed by atoms with E-state index >= 15 is 0 Å². The lowest BCUT2D eigenvalue weighted by atomic mass is 9.96. The van der Waals surface area contributed by atoms with Gasteiger partial charge in [-0.15, -0.1) is 6.58 Å². The second-order valence-corrected chi connectivity index (χ2v) is 11.6. The summed E-state index contributed by atoms with van der Waals surface area (Å²) in [6.07, 6.45) is 10.6. The second-order valence-electron chi connectivity index (χ2n) is 11.6. The van der Waals surface area contributed by atoms with Crippen LogP contribution in [-0.2, 0) is 0 Å². The Morgan fingerprint density at radius 1 is 0.860 bits per heavy atom. The average Bonchev–Trinajstić information content (AvgIpc) is 3.54. The van der Waals surface area contributed by atoms with Crippen molar-refractivity contribution in [1.29, 1.82) is 0 Å². The number of fused-ring (bicyclic) bond motifs is 2. The van der Waals surface area contributed by atoms with Crippen LogP contribution >= 0.6 is 0 Å². The van der Waals surface area contributed by atoms with Crippen LogP contribution in [0.3, 0.4) is 0 Å². The topological polar surface area (TPSA) is 21.3 Å². The first-order valence-corrected chi connectivity index (χ1v) is 15.2. The van der Waals surface area contributed by atoms with E-state index in [1.165, 1.54) is 55.4 Å². The molecular weight excluding hydrogens is 524 g/mol. The molecule has 4 aromatic carbocycles. The quantitative estimate of drug-likeness (QED) is 0.154. The zero-order chi connectivity index (χ0) is 29.9. The molecule has 0 saturated carbocycles. The standard InChI is InChI=1S/C40H40N2O/c1-6-14-29(3)42-27-28(2)36-25-32(21-23-39(36)42)33-20-22-38(37(26-33)31-15-8-7-9-16-31)41(5)24-13-12-17-34-30(4)43-40-19-11-10-18-35(34)40/h6-12,15-23,25-27,29H,1,13-14,24H2,2-5H3/b17-12-. The minimum atomic E-state index is 0.386. The van der Waals surface area contributed by atoms with E-state index in [9.17, 15) is 0 Å². The zero-order valence-electron chi connectivity index (χ0n) is 25.7. The van der Waals surface area contributed by atoms with Crippen molar-refractivity contribution in [3.05, 3.63) is 133 Å². The minimum Gasteiger partial charge on any atom is -0.461 e. The summed E-state index contributed by atoms with van der Waals surface area (Å²) in [6, 6.07) is 33.1. The van der Waals surface area contributed by atoms with Crippen LogP contribution in [0.4, 0.5) is 5.69 Å². The van der Waals surface area contributed by atoms with Crippen molar-refractivity contribution in [3.8, 4) is 22.3 Å². The van der Waals surface area contributed by atoms with E-state index in [2.05, 4.69) is 134 Å². The average molecular weight is 565 g/mol. The number of aryl methyl sites for hydroxylation is 2. The van der Waals surface area contributed by atoms with E-state index < -0.39 is 0 Å². The molecule has 6 rings (SSSR count). The molecule has 0 amide bonds. The first-order valence-electron chi connectivity index (χ1n) is 15.2. The lowest BCUT2D eigenvalue weighted by Gasteiger charge is -2.23. The maximum atomic E-state index is 5.94. The van der Waals surface area contributed by atoms with Gasteiger partial charge in [0.2, 0.25) is 0 Å². The molecule has 0 radical (unpaired) electrons. The highest BCUT2D eigenvalue weighted by atomic mass is 16.3. The van der Waals surface area contributed by atoms with Gasteiger partial charge in [0.1, 0.15) is 11.3 Å². The summed E-state index contributed by atoms with van der Waals surface area (Å²) in [5.41, 5.74) is 10.9. The molecule has 0 bridgehead atoms. The maximum Gasteiger partial charge on any atom is 0.134 e. The van der Waals surface area contributed by atoms with Crippen molar-refractivity contribution in [2.45, 2.75) is 39.7 Å². The molecule has 43 heavy (non-hydrogen) atoms. The highest BCUT2D eigenvalue weighted by molar-refractivity contribution is 5.91. The van der Waals surface area contributed by atoms with Gasteiger partial charge in [0.25, 0.3) is 0 Å². The molecule has 0 aliphatic rings. The van der Waals surface area contributed by atoms with Crippen molar-refractivity contribution in [2.75, 3.05) is 18.5 Å². The van der Waals surface area contributed by atoms with Gasteiger partial charge in [0, 0.05) is 58.9 Å². The fraction of sp³-hybridized carbons (Fsp3) is 0.200. The van der Waals surface area contributed by atoms with E-state index in [0.29, 0.717) is 6.04 Å². The van der Waals surface area contributed by atoms with Crippen molar-refractivity contribution < 1.29 is 4.42 Å². The third-order valence-electron chi connectivity index (χ3n) is 8.58. The molecule has 0 fully saturated rings. The fourth-order valence-corrected chi connectivity index (χ4v) is 6.21. The van der Waals surface area contributed by atoms with Crippen LogP contribution in [0.25, 0.3) is 50.2 Å². The first kappa shape index (κ1) is 28.4. The summed E-state index contributed by atoms with van der Waals surface area (Å²) < 4.78 is 8.33. The van der Waals surface area contributed by atoms with Crippen molar-refractivity contribution in [1.82, 2.24) is 4.57 Å². The predicted molar refractivity (Wildman–Crippen MR) is 185 cm³/mol. The second kappa shape index (κ2) is 12.2. The summed E-state index contributed by atoms with van der Waals surface area (Å²) in [6.45, 7) is 11.4. The molecule has 0 aliphatic carbocycles. The molecule has 2 aromatic heterocycles. The van der Waals surface area contributed by atoms with E-state index in [1.807, 2.05) is 25.1 Å². The van der Waals surface area contributed by atoms with Crippen LogP contribution in [0, 0.1) is 13.8 Å². The van der Waals surface area contributed by atoms with Gasteiger partial charge in [0.05, 0.1) is 0 Å². The molecule has 3 nitrogen and oxygen atoms in total. The lowest BCUT2D eigenvalue weighted by molar-refractivity contribution is 0.573. The maximum absolute atomic E-state index is 5.94. The van der Waals surface area contributed by atoms with Crippen LogP contribution in [0.5, 0.6) is 0 Å². The molecule has 1 unspecified atom stereocenters. The fourth-order valence-electron chi connectivity index (χ4n) is 6.21. The molecule has 0 saturated heterocycles. The molecular formula is C40H40N2O. The Balaban J connectivity index is 1.28. The van der Waals surface area contributed by atoms with Crippen LogP contribution in [0.15, 0.2) is 120 Å². The molecule has 1 atom stereocenters. The number of allylic oxidation sites excluding steroid dienone is 1. The van der Waals surface area contributed by atoms with Crippen molar-refractivity contribution in [2.24, 2.45) is 0 Å². The number of hydrogen-bond acceptors (Lipinski definition) is 2. The first-order chi connectivity index (χ1) is 20.9. The zero-order valence-corrected chi connectivity index (χ0v) is 25.7. The Kier molecular flexibility index (Phi) is 8.07. The SMILES string of the molecule is C=CCC(C)n1cc(C)c2cc(-c3ccc(N(C)CC/C=C\c4c(C)oc5ccccc45)c(-c4ccccc4)c3)ccc21. The summed E-state index contributed by atoms with van der Waals surface area (Å²) in [7, 11) is 2.19.